The molecule has 1 unspecified atom stereocenters. The van der Waals surface area contributed by atoms with Crippen molar-refractivity contribution >= 4 is 40.1 Å². The smallest absolute Gasteiger partial charge is 0.341 e. The number of benzene rings is 1. The number of hydrogen-bond donors (Lipinski definition) is 1. The zero-order valence-electron chi connectivity index (χ0n) is 15.8. The lowest BCUT2D eigenvalue weighted by Crippen LogP contribution is -2.53. The van der Waals surface area contributed by atoms with Crippen LogP contribution in [0.2, 0.25) is 5.02 Å². The van der Waals surface area contributed by atoms with E-state index in [9.17, 15) is 23.9 Å². The maximum absolute atomic E-state index is 15.0. The fourth-order valence-corrected chi connectivity index (χ4v) is 4.22. The van der Waals surface area contributed by atoms with Crippen molar-refractivity contribution in [2.24, 2.45) is 0 Å². The monoisotopic (exact) mass is 409 g/mol. The van der Waals surface area contributed by atoms with Crippen molar-refractivity contribution < 1.29 is 19.1 Å². The molecule has 0 bridgehead atoms. The summed E-state index contributed by atoms with van der Waals surface area (Å²) in [5, 5.41) is 9.26. The largest absolute Gasteiger partial charge is 0.477 e. The van der Waals surface area contributed by atoms with E-state index in [1.54, 1.807) is 21.3 Å². The van der Waals surface area contributed by atoms with E-state index in [2.05, 4.69) is 0 Å². The summed E-state index contributed by atoms with van der Waals surface area (Å²) in [6, 6.07) is 0.930. The third kappa shape index (κ3) is 3.22. The van der Waals surface area contributed by atoms with E-state index in [0.29, 0.717) is 31.7 Å². The highest BCUT2D eigenvalue weighted by Crippen LogP contribution is 2.36. The van der Waals surface area contributed by atoms with Crippen molar-refractivity contribution in [3.05, 3.63) is 38.9 Å². The summed E-state index contributed by atoms with van der Waals surface area (Å²) in [6.07, 6.45) is 1.23. The molecular weight excluding hydrogens is 389 g/mol. The van der Waals surface area contributed by atoms with E-state index < -0.39 is 22.8 Å². The number of carbonyl (C=O) groups is 2. The van der Waals surface area contributed by atoms with Crippen molar-refractivity contribution in [1.82, 2.24) is 9.47 Å². The lowest BCUT2D eigenvalue weighted by molar-refractivity contribution is -0.131. The highest BCUT2D eigenvalue weighted by Gasteiger charge is 2.30. The number of piperazine rings is 1. The van der Waals surface area contributed by atoms with Gasteiger partial charge in [0.15, 0.2) is 0 Å². The van der Waals surface area contributed by atoms with Crippen molar-refractivity contribution in [3.8, 4) is 0 Å². The molecule has 2 heterocycles. The topological polar surface area (TPSA) is 82.8 Å². The molecule has 0 radical (unpaired) electrons. The molecule has 1 atom stereocenters. The van der Waals surface area contributed by atoms with Crippen LogP contribution in [0, 0.1) is 5.82 Å². The van der Waals surface area contributed by atoms with Crippen LogP contribution < -0.4 is 10.3 Å². The minimum atomic E-state index is -1.37. The van der Waals surface area contributed by atoms with E-state index in [0.717, 1.165) is 6.07 Å². The number of aromatic nitrogens is 1. The number of fused-ring (bicyclic) bond motifs is 1. The van der Waals surface area contributed by atoms with Crippen LogP contribution in [0.15, 0.2) is 17.1 Å². The zero-order chi connectivity index (χ0) is 20.7. The normalized spacial score (nSPS) is 17.2. The summed E-state index contributed by atoms with van der Waals surface area (Å²) in [5.74, 6) is -2.11. The Bertz CT molecular complexity index is 1040. The Morgan fingerprint density at radius 2 is 2.04 bits per heavy atom. The average Bonchev–Trinajstić information content (AvgIpc) is 2.62. The fourth-order valence-electron chi connectivity index (χ4n) is 3.80. The van der Waals surface area contributed by atoms with Gasteiger partial charge in [-0.3, -0.25) is 9.59 Å². The first kappa shape index (κ1) is 20.1. The van der Waals surface area contributed by atoms with Gasteiger partial charge in [-0.05, 0) is 19.9 Å². The summed E-state index contributed by atoms with van der Waals surface area (Å²) in [4.78, 5) is 39.0. The Morgan fingerprint density at radius 3 is 2.57 bits per heavy atom. The summed E-state index contributed by atoms with van der Waals surface area (Å²) in [7, 11) is 0. The van der Waals surface area contributed by atoms with Crippen molar-refractivity contribution in [2.75, 3.05) is 24.5 Å². The number of pyridine rings is 1. The van der Waals surface area contributed by atoms with Gasteiger partial charge in [-0.25, -0.2) is 9.18 Å². The molecule has 1 amide bonds. The Morgan fingerprint density at radius 1 is 1.36 bits per heavy atom. The first-order chi connectivity index (χ1) is 13.2. The first-order valence-corrected chi connectivity index (χ1v) is 9.35. The van der Waals surface area contributed by atoms with Crippen LogP contribution in [-0.2, 0) is 11.3 Å². The molecule has 2 aromatic rings. The number of carboxylic acids is 1. The third-order valence-corrected chi connectivity index (χ3v) is 5.51. The molecule has 1 aliphatic rings. The number of amides is 1. The summed E-state index contributed by atoms with van der Waals surface area (Å²) >= 11 is 6.55. The summed E-state index contributed by atoms with van der Waals surface area (Å²) in [5.41, 5.74) is -0.735. The number of hydrogen-bond acceptors (Lipinski definition) is 4. The third-order valence-electron chi connectivity index (χ3n) is 5.15. The molecule has 0 spiro atoms. The standard InChI is InChI=1S/C19H21ClFN3O4/c1-4-22-9-13(19(27)28)18(26)12-7-14(21)17(15(20)16(12)22)23-5-6-24(11(3)25)10(2)8-23/h7,9-10H,4-6,8H2,1-3H3,(H,27,28). The number of carboxylic acid groups (broad SMARTS) is 1. The first-order valence-electron chi connectivity index (χ1n) is 8.97. The van der Waals surface area contributed by atoms with E-state index in [1.165, 1.54) is 13.1 Å². The van der Waals surface area contributed by atoms with Gasteiger partial charge in [0.25, 0.3) is 0 Å². The van der Waals surface area contributed by atoms with Gasteiger partial charge in [-0.2, -0.15) is 0 Å². The van der Waals surface area contributed by atoms with Gasteiger partial charge in [0.2, 0.25) is 11.3 Å². The summed E-state index contributed by atoms with van der Waals surface area (Å²) < 4.78 is 16.5. The van der Waals surface area contributed by atoms with Crippen molar-refractivity contribution in [2.45, 2.75) is 33.4 Å². The van der Waals surface area contributed by atoms with Gasteiger partial charge in [-0.15, -0.1) is 0 Å². The van der Waals surface area contributed by atoms with Crippen LogP contribution in [0.25, 0.3) is 10.9 Å². The van der Waals surface area contributed by atoms with Crippen LogP contribution >= 0.6 is 11.6 Å². The molecule has 1 aromatic carbocycles. The Hall–Kier alpha value is -2.61. The predicted octanol–water partition coefficient (Wildman–Crippen LogP) is 2.57. The molecule has 1 saturated heterocycles. The van der Waals surface area contributed by atoms with E-state index in [4.69, 9.17) is 11.6 Å². The number of halogens is 2. The maximum atomic E-state index is 15.0. The maximum Gasteiger partial charge on any atom is 0.341 e. The van der Waals surface area contributed by atoms with Crippen LogP contribution in [0.4, 0.5) is 10.1 Å². The lowest BCUT2D eigenvalue weighted by Gasteiger charge is -2.41. The predicted molar refractivity (Wildman–Crippen MR) is 105 cm³/mol. The SMILES string of the molecule is CCn1cc(C(=O)O)c(=O)c2cc(F)c(N3CCN(C(C)=O)C(C)C3)c(Cl)c21. The molecular formula is C19H21ClFN3O4. The Kier molecular flexibility index (Phi) is 5.34. The van der Waals surface area contributed by atoms with Gasteiger partial charge in [-0.1, -0.05) is 11.6 Å². The average molecular weight is 410 g/mol. The molecule has 150 valence electrons. The van der Waals surface area contributed by atoms with Crippen LogP contribution in [0.5, 0.6) is 0 Å². The molecule has 3 rings (SSSR count). The second-order valence-corrected chi connectivity index (χ2v) is 7.27. The fraction of sp³-hybridized carbons (Fsp3) is 0.421. The molecule has 1 aliphatic heterocycles. The molecule has 0 aliphatic carbocycles. The van der Waals surface area contributed by atoms with E-state index in [1.807, 2.05) is 6.92 Å². The van der Waals surface area contributed by atoms with Crippen LogP contribution in [0.1, 0.15) is 31.1 Å². The van der Waals surface area contributed by atoms with Gasteiger partial charge < -0.3 is 19.5 Å². The Labute approximate surface area is 165 Å². The van der Waals surface area contributed by atoms with Gasteiger partial charge in [0.05, 0.1) is 21.6 Å². The highest BCUT2D eigenvalue weighted by atomic mass is 35.5. The summed E-state index contributed by atoms with van der Waals surface area (Å²) in [6.45, 7) is 6.74. The van der Waals surface area contributed by atoms with Crippen LogP contribution in [-0.4, -0.2) is 52.1 Å². The molecule has 28 heavy (non-hydrogen) atoms. The minimum Gasteiger partial charge on any atom is -0.477 e. The van der Waals surface area contributed by atoms with Gasteiger partial charge in [0, 0.05) is 45.3 Å². The number of anilines is 1. The molecule has 0 saturated carbocycles. The quantitative estimate of drug-likeness (QED) is 0.842. The molecule has 1 N–H and O–H groups in total. The van der Waals surface area contributed by atoms with Gasteiger partial charge >= 0.3 is 5.97 Å². The lowest BCUT2D eigenvalue weighted by atomic mass is 10.1. The number of carbonyl (C=O) groups excluding carboxylic acids is 1. The van der Waals surface area contributed by atoms with Crippen molar-refractivity contribution in [3.63, 3.8) is 0 Å². The molecule has 1 aromatic heterocycles. The molecule has 9 heteroatoms. The number of aromatic carboxylic acids is 1. The second-order valence-electron chi connectivity index (χ2n) is 6.89. The van der Waals surface area contributed by atoms with E-state index in [-0.39, 0.29) is 28.0 Å². The highest BCUT2D eigenvalue weighted by molar-refractivity contribution is 6.38. The van der Waals surface area contributed by atoms with Gasteiger partial charge in [0.1, 0.15) is 11.4 Å². The number of aryl methyl sites for hydroxylation is 1. The number of rotatable bonds is 3. The molecule has 7 nitrogen and oxygen atoms in total. The minimum absolute atomic E-state index is 0.0433. The molecule has 1 fully saturated rings. The Balaban J connectivity index is 2.19. The second kappa shape index (κ2) is 7.43. The van der Waals surface area contributed by atoms with Crippen molar-refractivity contribution in [1.29, 1.82) is 0 Å². The van der Waals surface area contributed by atoms with Crippen LogP contribution in [0.3, 0.4) is 0 Å². The zero-order valence-corrected chi connectivity index (χ0v) is 16.6. The van der Waals surface area contributed by atoms with E-state index >= 15 is 0 Å². The number of nitrogens with zero attached hydrogens (tertiary/aromatic N) is 3.